The molecule has 38 heavy (non-hydrogen) atoms. The topological polar surface area (TPSA) is 111 Å². The fourth-order valence-corrected chi connectivity index (χ4v) is 4.69. The van der Waals surface area contributed by atoms with Gasteiger partial charge in [-0.15, -0.1) is 0 Å². The molecule has 4 rings (SSSR count). The van der Waals surface area contributed by atoms with Crippen LogP contribution in [0.3, 0.4) is 0 Å². The number of amides is 1. The van der Waals surface area contributed by atoms with Crippen LogP contribution in [0, 0.1) is 0 Å². The maximum atomic E-state index is 12.9. The van der Waals surface area contributed by atoms with Gasteiger partial charge in [-0.3, -0.25) is 9.52 Å². The second-order valence-electron chi connectivity index (χ2n) is 8.05. The molecule has 0 aromatic heterocycles. The Hall–Kier alpha value is -4.26. The van der Waals surface area contributed by atoms with Gasteiger partial charge in [0.1, 0.15) is 11.5 Å². The van der Waals surface area contributed by atoms with Crippen molar-refractivity contribution in [3.8, 4) is 11.5 Å². The molecule has 1 N–H and O–H groups in total. The molecule has 0 unspecified atom stereocenters. The fourth-order valence-electron chi connectivity index (χ4n) is 3.64. The Morgan fingerprint density at radius 2 is 1.76 bits per heavy atom. The number of methoxy groups -OCH3 is 1. The van der Waals surface area contributed by atoms with Crippen LogP contribution in [0.2, 0.25) is 0 Å². The van der Waals surface area contributed by atoms with Crippen molar-refractivity contribution >= 4 is 33.3 Å². The molecule has 200 valence electrons. The van der Waals surface area contributed by atoms with E-state index in [0.717, 1.165) is 12.1 Å². The van der Waals surface area contributed by atoms with Gasteiger partial charge in [0, 0.05) is 5.69 Å². The molecule has 0 aliphatic carbocycles. The van der Waals surface area contributed by atoms with Gasteiger partial charge in [0.05, 0.1) is 29.8 Å². The number of carbonyl (C=O) groups is 2. The number of fused-ring (bicyclic) bond motifs is 1. The Morgan fingerprint density at radius 3 is 2.45 bits per heavy atom. The number of ether oxygens (including phenoxy) is 3. The summed E-state index contributed by atoms with van der Waals surface area (Å²) in [6, 6.07) is 15.4. The third kappa shape index (κ3) is 5.99. The van der Waals surface area contributed by atoms with Gasteiger partial charge < -0.3 is 19.1 Å². The van der Waals surface area contributed by atoms with Gasteiger partial charge in [0.15, 0.2) is 6.61 Å². The lowest BCUT2D eigenvalue weighted by atomic mass is 10.2. The summed E-state index contributed by atoms with van der Waals surface area (Å²) in [6.45, 7) is -0.527. The van der Waals surface area contributed by atoms with Crippen molar-refractivity contribution in [2.75, 3.05) is 29.9 Å². The molecule has 0 spiro atoms. The summed E-state index contributed by atoms with van der Waals surface area (Å²) in [7, 11) is -2.99. The van der Waals surface area contributed by atoms with Crippen LogP contribution >= 0.6 is 0 Å². The van der Waals surface area contributed by atoms with E-state index in [-0.39, 0.29) is 22.9 Å². The zero-order valence-corrected chi connectivity index (χ0v) is 20.6. The molecule has 0 radical (unpaired) electrons. The van der Waals surface area contributed by atoms with Gasteiger partial charge in [0.25, 0.3) is 15.9 Å². The zero-order chi connectivity index (χ0) is 27.5. The number of halogens is 3. The highest BCUT2D eigenvalue weighted by Crippen LogP contribution is 2.34. The van der Waals surface area contributed by atoms with Crippen LogP contribution in [0.4, 0.5) is 24.5 Å². The number of benzene rings is 3. The first-order valence-electron chi connectivity index (χ1n) is 11.0. The van der Waals surface area contributed by atoms with Crippen LogP contribution in [-0.2, 0) is 30.5 Å². The van der Waals surface area contributed by atoms with Crippen molar-refractivity contribution in [2.24, 2.45) is 0 Å². The molecular formula is C25H21F3N2O7S. The molecular weight excluding hydrogens is 529 g/mol. The summed E-state index contributed by atoms with van der Waals surface area (Å²) in [6.07, 6.45) is -5.64. The van der Waals surface area contributed by atoms with Gasteiger partial charge in [-0.25, -0.2) is 13.2 Å². The number of anilines is 2. The van der Waals surface area contributed by atoms with Gasteiger partial charge in [0.2, 0.25) is 6.10 Å². The summed E-state index contributed by atoms with van der Waals surface area (Å²) in [5.41, 5.74) is -0.794. The van der Waals surface area contributed by atoms with E-state index in [1.54, 1.807) is 24.3 Å². The second kappa shape index (κ2) is 10.6. The number of hydrogen-bond donors (Lipinski definition) is 1. The molecule has 1 aliphatic rings. The van der Waals surface area contributed by atoms with Crippen LogP contribution in [0.5, 0.6) is 11.5 Å². The Morgan fingerprint density at radius 1 is 1.05 bits per heavy atom. The maximum absolute atomic E-state index is 12.9. The van der Waals surface area contributed by atoms with Crippen LogP contribution in [-0.4, -0.2) is 46.7 Å². The second-order valence-corrected chi connectivity index (χ2v) is 9.73. The zero-order valence-electron chi connectivity index (χ0n) is 19.8. The summed E-state index contributed by atoms with van der Waals surface area (Å²) in [5.74, 6) is -0.640. The third-order valence-electron chi connectivity index (χ3n) is 5.48. The molecule has 0 bridgehead atoms. The molecule has 0 saturated carbocycles. The minimum atomic E-state index is -4.62. The first kappa shape index (κ1) is 26.8. The van der Waals surface area contributed by atoms with Gasteiger partial charge in [-0.2, -0.15) is 13.2 Å². The lowest BCUT2D eigenvalue weighted by molar-refractivity contribution is -0.148. The molecule has 13 heteroatoms. The van der Waals surface area contributed by atoms with Crippen molar-refractivity contribution < 1.29 is 45.4 Å². The largest absolute Gasteiger partial charge is 0.484 e. The molecule has 1 heterocycles. The summed E-state index contributed by atoms with van der Waals surface area (Å²) in [4.78, 5) is 26.0. The van der Waals surface area contributed by atoms with Crippen LogP contribution < -0.4 is 19.1 Å². The van der Waals surface area contributed by atoms with Gasteiger partial charge >= 0.3 is 12.1 Å². The average molecular weight is 551 g/mol. The predicted molar refractivity (Wildman–Crippen MR) is 129 cm³/mol. The first-order chi connectivity index (χ1) is 18.0. The smallest absolute Gasteiger partial charge is 0.416 e. The van der Waals surface area contributed by atoms with Crippen molar-refractivity contribution in [3.63, 3.8) is 0 Å². The SMILES string of the molecule is COC(=O)[C@@H]1CN(C(=O)COc2ccc(S(=O)(=O)Nc3cccc(C(F)(F)F)c3)cc2)c2ccccc2O1. The highest BCUT2D eigenvalue weighted by atomic mass is 32.2. The number of para-hydroxylation sites is 2. The van der Waals surface area contributed by atoms with Crippen molar-refractivity contribution in [1.29, 1.82) is 0 Å². The molecule has 0 fully saturated rings. The van der Waals surface area contributed by atoms with Crippen molar-refractivity contribution in [1.82, 2.24) is 0 Å². The number of nitrogens with zero attached hydrogens (tertiary/aromatic N) is 1. The number of nitrogens with one attached hydrogen (secondary N) is 1. The Labute approximate surface area is 215 Å². The highest BCUT2D eigenvalue weighted by molar-refractivity contribution is 7.92. The number of sulfonamides is 1. The molecule has 9 nitrogen and oxygen atoms in total. The number of hydrogen-bond acceptors (Lipinski definition) is 7. The number of esters is 1. The Balaban J connectivity index is 1.42. The standard InChI is InChI=1S/C25H21F3N2O7S/c1-35-24(32)22-14-30(20-7-2-3-8-21(20)37-22)23(31)15-36-18-9-11-19(12-10-18)38(33,34)29-17-6-4-5-16(13-17)25(26,27)28/h2-13,22,29H,14-15H2,1H3/t22-/m0/s1. The van der Waals surface area contributed by atoms with Crippen molar-refractivity contribution in [3.05, 3.63) is 78.4 Å². The highest BCUT2D eigenvalue weighted by Gasteiger charge is 2.34. The van der Waals surface area contributed by atoms with Crippen LogP contribution in [0.15, 0.2) is 77.7 Å². The molecule has 3 aromatic rings. The minimum Gasteiger partial charge on any atom is -0.484 e. The van der Waals surface area contributed by atoms with Crippen LogP contribution in [0.25, 0.3) is 0 Å². The first-order valence-corrected chi connectivity index (χ1v) is 12.5. The molecule has 3 aromatic carbocycles. The monoisotopic (exact) mass is 550 g/mol. The maximum Gasteiger partial charge on any atom is 0.416 e. The van der Waals surface area contributed by atoms with E-state index >= 15 is 0 Å². The van der Waals surface area contributed by atoms with E-state index in [9.17, 15) is 31.2 Å². The molecule has 1 atom stereocenters. The van der Waals surface area contributed by atoms with E-state index in [2.05, 4.69) is 4.72 Å². The number of alkyl halides is 3. The van der Waals surface area contributed by atoms with E-state index in [1.807, 2.05) is 0 Å². The molecule has 1 amide bonds. The normalized spacial score (nSPS) is 15.2. The number of carbonyl (C=O) groups excluding carboxylic acids is 2. The summed E-state index contributed by atoms with van der Waals surface area (Å²) >= 11 is 0. The van der Waals surface area contributed by atoms with Gasteiger partial charge in [-0.1, -0.05) is 18.2 Å². The van der Waals surface area contributed by atoms with Gasteiger partial charge in [-0.05, 0) is 54.6 Å². The lowest BCUT2D eigenvalue weighted by Crippen LogP contribution is -2.48. The lowest BCUT2D eigenvalue weighted by Gasteiger charge is -2.33. The summed E-state index contributed by atoms with van der Waals surface area (Å²) < 4.78 is 82.0. The van der Waals surface area contributed by atoms with Crippen LogP contribution in [0.1, 0.15) is 5.56 Å². The number of rotatable bonds is 7. The minimum absolute atomic E-state index is 0.0930. The van der Waals surface area contributed by atoms with E-state index in [1.165, 1.54) is 42.3 Å². The average Bonchev–Trinajstić information content (AvgIpc) is 2.90. The van der Waals surface area contributed by atoms with Crippen molar-refractivity contribution in [2.45, 2.75) is 17.2 Å². The third-order valence-corrected chi connectivity index (χ3v) is 6.87. The molecule has 0 saturated heterocycles. The summed E-state index contributed by atoms with van der Waals surface area (Å²) in [5, 5.41) is 0. The predicted octanol–water partition coefficient (Wildman–Crippen LogP) is 3.85. The van der Waals surface area contributed by atoms with E-state index in [0.29, 0.717) is 17.5 Å². The Kier molecular flexibility index (Phi) is 7.49. The fraction of sp³-hybridized carbons (Fsp3) is 0.200. The quantitative estimate of drug-likeness (QED) is 0.445. The van der Waals surface area contributed by atoms with E-state index in [4.69, 9.17) is 14.2 Å². The Bertz CT molecular complexity index is 1440. The molecule has 1 aliphatic heterocycles. The van der Waals surface area contributed by atoms with E-state index < -0.39 is 46.4 Å².